The number of nitrogens with zero attached hydrogens (tertiary/aromatic N) is 1. The minimum atomic E-state index is -0.755. The summed E-state index contributed by atoms with van der Waals surface area (Å²) in [4.78, 5) is 5.48. The summed E-state index contributed by atoms with van der Waals surface area (Å²) in [5, 5.41) is 11.0. The highest BCUT2D eigenvalue weighted by Gasteiger charge is 2.22. The highest BCUT2D eigenvalue weighted by molar-refractivity contribution is 7.98. The maximum atomic E-state index is 9.92. The van der Waals surface area contributed by atoms with E-state index in [9.17, 15) is 5.11 Å². The quantitative estimate of drug-likeness (QED) is 0.808. The number of thioether (sulfide) groups is 1. The zero-order chi connectivity index (χ0) is 11.5. The SMILES string of the molecule is CCCSCc1nc(C)c(C(C)(C)O)s1. The van der Waals surface area contributed by atoms with E-state index >= 15 is 0 Å². The van der Waals surface area contributed by atoms with Crippen molar-refractivity contribution in [3.05, 3.63) is 15.6 Å². The average Bonchev–Trinajstić information content (AvgIpc) is 2.47. The number of rotatable bonds is 5. The largest absolute Gasteiger partial charge is 0.385 e. The molecule has 0 bridgehead atoms. The third-order valence-corrected chi connectivity index (χ3v) is 4.80. The predicted molar refractivity (Wildman–Crippen MR) is 68.5 cm³/mol. The minimum absolute atomic E-state index is 0.755. The van der Waals surface area contributed by atoms with E-state index in [4.69, 9.17) is 0 Å². The van der Waals surface area contributed by atoms with Gasteiger partial charge >= 0.3 is 0 Å². The van der Waals surface area contributed by atoms with Crippen LogP contribution in [0.3, 0.4) is 0 Å². The van der Waals surface area contributed by atoms with Gasteiger partial charge in [0, 0.05) is 5.75 Å². The van der Waals surface area contributed by atoms with Crippen molar-refractivity contribution in [3.63, 3.8) is 0 Å². The van der Waals surface area contributed by atoms with E-state index in [0.717, 1.165) is 21.3 Å². The van der Waals surface area contributed by atoms with Gasteiger partial charge in [-0.15, -0.1) is 11.3 Å². The Balaban J connectivity index is 2.69. The number of hydrogen-bond acceptors (Lipinski definition) is 4. The van der Waals surface area contributed by atoms with E-state index in [1.165, 1.54) is 12.2 Å². The lowest BCUT2D eigenvalue weighted by Gasteiger charge is -2.14. The van der Waals surface area contributed by atoms with E-state index in [2.05, 4.69) is 11.9 Å². The van der Waals surface area contributed by atoms with Gasteiger partial charge in [0.05, 0.1) is 16.2 Å². The molecule has 1 aromatic heterocycles. The molecule has 0 amide bonds. The van der Waals surface area contributed by atoms with Crippen LogP contribution >= 0.6 is 23.1 Å². The van der Waals surface area contributed by atoms with Gasteiger partial charge in [-0.2, -0.15) is 11.8 Å². The fourth-order valence-electron chi connectivity index (χ4n) is 1.39. The van der Waals surface area contributed by atoms with Crippen molar-refractivity contribution in [2.24, 2.45) is 0 Å². The third-order valence-electron chi connectivity index (χ3n) is 1.97. The molecule has 2 nitrogen and oxygen atoms in total. The van der Waals surface area contributed by atoms with E-state index in [1.54, 1.807) is 11.3 Å². The maximum Gasteiger partial charge on any atom is 0.103 e. The van der Waals surface area contributed by atoms with Crippen LogP contribution in [0, 0.1) is 6.92 Å². The Kier molecular flexibility index (Phi) is 4.62. The molecule has 1 heterocycles. The standard InChI is InChI=1S/C11H19NOS2/c1-5-6-14-7-9-12-8(2)10(15-9)11(3,4)13/h13H,5-7H2,1-4H3. The molecule has 0 aliphatic heterocycles. The van der Waals surface area contributed by atoms with Gasteiger partial charge in [0.15, 0.2) is 0 Å². The maximum absolute atomic E-state index is 9.92. The molecule has 1 N–H and O–H groups in total. The summed E-state index contributed by atoms with van der Waals surface area (Å²) in [6.45, 7) is 7.78. The van der Waals surface area contributed by atoms with Crippen LogP contribution < -0.4 is 0 Å². The molecular formula is C11H19NOS2. The van der Waals surface area contributed by atoms with E-state index in [-0.39, 0.29) is 0 Å². The summed E-state index contributed by atoms with van der Waals surface area (Å²) < 4.78 is 0. The minimum Gasteiger partial charge on any atom is -0.385 e. The predicted octanol–water partition coefficient (Wildman–Crippen LogP) is 3.32. The molecule has 0 aliphatic rings. The molecule has 4 heteroatoms. The first-order valence-corrected chi connectivity index (χ1v) is 7.19. The second-order valence-corrected chi connectivity index (χ2v) is 6.32. The van der Waals surface area contributed by atoms with Crippen molar-refractivity contribution in [2.75, 3.05) is 5.75 Å². The molecule has 0 spiro atoms. The zero-order valence-corrected chi connectivity index (χ0v) is 11.5. The molecule has 0 fully saturated rings. The highest BCUT2D eigenvalue weighted by Crippen LogP contribution is 2.31. The molecule has 0 radical (unpaired) electrons. The van der Waals surface area contributed by atoms with Gasteiger partial charge in [-0.1, -0.05) is 6.92 Å². The van der Waals surface area contributed by atoms with Crippen molar-refractivity contribution in [2.45, 2.75) is 45.5 Å². The van der Waals surface area contributed by atoms with Crippen LogP contribution in [0.5, 0.6) is 0 Å². The molecule has 0 atom stereocenters. The van der Waals surface area contributed by atoms with Gasteiger partial charge in [0.2, 0.25) is 0 Å². The lowest BCUT2D eigenvalue weighted by atomic mass is 10.1. The Morgan fingerprint density at radius 2 is 2.13 bits per heavy atom. The van der Waals surface area contributed by atoms with Crippen molar-refractivity contribution < 1.29 is 5.11 Å². The number of aliphatic hydroxyl groups is 1. The fourth-order valence-corrected chi connectivity index (χ4v) is 3.40. The van der Waals surface area contributed by atoms with E-state index in [0.29, 0.717) is 0 Å². The molecule has 15 heavy (non-hydrogen) atoms. The number of thiazole rings is 1. The molecule has 1 rings (SSSR count). The van der Waals surface area contributed by atoms with Gasteiger partial charge in [-0.05, 0) is 32.9 Å². The van der Waals surface area contributed by atoms with Gasteiger partial charge in [-0.25, -0.2) is 4.98 Å². The van der Waals surface area contributed by atoms with Gasteiger partial charge < -0.3 is 5.11 Å². The van der Waals surface area contributed by atoms with Crippen LogP contribution in [0.1, 0.15) is 42.8 Å². The Morgan fingerprint density at radius 3 is 2.60 bits per heavy atom. The molecule has 86 valence electrons. The van der Waals surface area contributed by atoms with Gasteiger partial charge in [0.25, 0.3) is 0 Å². The third kappa shape index (κ3) is 3.78. The van der Waals surface area contributed by atoms with E-state index in [1.807, 2.05) is 32.5 Å². The molecule has 0 aliphatic carbocycles. The molecule has 0 unspecified atom stereocenters. The second kappa shape index (κ2) is 5.32. The van der Waals surface area contributed by atoms with Crippen LogP contribution in [-0.4, -0.2) is 15.8 Å². The number of hydrogen-bond donors (Lipinski definition) is 1. The summed E-state index contributed by atoms with van der Waals surface area (Å²) in [6, 6.07) is 0. The number of aryl methyl sites for hydroxylation is 1. The van der Waals surface area contributed by atoms with Crippen LogP contribution in [0.2, 0.25) is 0 Å². The molecule has 0 saturated carbocycles. The lowest BCUT2D eigenvalue weighted by molar-refractivity contribution is 0.0817. The van der Waals surface area contributed by atoms with Crippen molar-refractivity contribution in [1.29, 1.82) is 0 Å². The summed E-state index contributed by atoms with van der Waals surface area (Å²) in [5.74, 6) is 2.14. The average molecular weight is 245 g/mol. The van der Waals surface area contributed by atoms with Crippen molar-refractivity contribution in [1.82, 2.24) is 4.98 Å². The monoisotopic (exact) mass is 245 g/mol. The van der Waals surface area contributed by atoms with Crippen molar-refractivity contribution >= 4 is 23.1 Å². The Labute approximate surface area is 100 Å². The summed E-state index contributed by atoms with van der Waals surface area (Å²) in [5.41, 5.74) is 0.217. The first-order chi connectivity index (χ1) is 6.95. The van der Waals surface area contributed by atoms with Crippen LogP contribution in [0.15, 0.2) is 0 Å². The van der Waals surface area contributed by atoms with Crippen molar-refractivity contribution in [3.8, 4) is 0 Å². The Bertz CT molecular complexity index is 315. The highest BCUT2D eigenvalue weighted by atomic mass is 32.2. The van der Waals surface area contributed by atoms with Gasteiger partial charge in [0.1, 0.15) is 5.01 Å². The summed E-state index contributed by atoms with van der Waals surface area (Å²) in [7, 11) is 0. The van der Waals surface area contributed by atoms with Crippen LogP contribution in [0.4, 0.5) is 0 Å². The number of aromatic nitrogens is 1. The summed E-state index contributed by atoms with van der Waals surface area (Å²) >= 11 is 3.54. The topological polar surface area (TPSA) is 33.1 Å². The van der Waals surface area contributed by atoms with Crippen LogP contribution in [-0.2, 0) is 11.4 Å². The first kappa shape index (κ1) is 13.0. The molecule has 0 aromatic carbocycles. The van der Waals surface area contributed by atoms with E-state index < -0.39 is 5.60 Å². The molecular weight excluding hydrogens is 226 g/mol. The van der Waals surface area contributed by atoms with Crippen LogP contribution in [0.25, 0.3) is 0 Å². The Morgan fingerprint density at radius 1 is 1.47 bits per heavy atom. The molecule has 1 aromatic rings. The van der Waals surface area contributed by atoms with Gasteiger partial charge in [-0.3, -0.25) is 0 Å². The Hall–Kier alpha value is -0.0600. The normalized spacial score (nSPS) is 12.1. The summed E-state index contributed by atoms with van der Waals surface area (Å²) in [6.07, 6.45) is 1.20. The zero-order valence-electron chi connectivity index (χ0n) is 9.83. The lowest BCUT2D eigenvalue weighted by Crippen LogP contribution is -2.14. The molecule has 0 saturated heterocycles. The first-order valence-electron chi connectivity index (χ1n) is 5.22. The fraction of sp³-hybridized carbons (Fsp3) is 0.727. The smallest absolute Gasteiger partial charge is 0.103 e. The second-order valence-electron chi connectivity index (χ2n) is 4.13.